The molecule has 2 N–H and O–H groups in total. The highest BCUT2D eigenvalue weighted by atomic mass is 19.4. The molecule has 0 aliphatic carbocycles. The molecule has 0 spiro atoms. The maximum absolute atomic E-state index is 13.5. The average Bonchev–Trinajstić information content (AvgIpc) is 3.15. The van der Waals surface area contributed by atoms with Crippen molar-refractivity contribution in [3.8, 4) is 0 Å². The number of halogens is 3. The summed E-state index contributed by atoms with van der Waals surface area (Å²) in [5.74, 6) is 0.293. The Kier molecular flexibility index (Phi) is 7.00. The Morgan fingerprint density at radius 1 is 1.17 bits per heavy atom. The molecule has 13 heteroatoms. The van der Waals surface area contributed by atoms with Gasteiger partial charge in [-0.25, -0.2) is 4.98 Å². The predicted molar refractivity (Wildman–Crippen MR) is 125 cm³/mol. The van der Waals surface area contributed by atoms with Crippen LogP contribution in [-0.4, -0.2) is 85.9 Å². The summed E-state index contributed by atoms with van der Waals surface area (Å²) in [6.07, 6.45) is -1.41. The monoisotopic (exact) mass is 495 g/mol. The minimum Gasteiger partial charge on any atom is -0.369 e. The van der Waals surface area contributed by atoms with Gasteiger partial charge in [-0.05, 0) is 60.2 Å². The first-order chi connectivity index (χ1) is 16.4. The third kappa shape index (κ3) is 5.56. The number of nitrogens with one attached hydrogen (secondary N) is 2. The standard InChI is InChI=1S/C22H32F3N9O/c1-14-18(31-34(30-14)15-6-10-32(4)11-7-15)28-20-27-12-16(22(23,24)25)19(29-20)26-8-5-9-33-13-17(35)21(33,2)3/h12,15H,5-11,13H2,1-4H3,(H2,26,27,28,29,31). The molecule has 0 aromatic carbocycles. The Morgan fingerprint density at radius 2 is 1.89 bits per heavy atom. The van der Waals surface area contributed by atoms with E-state index in [9.17, 15) is 18.0 Å². The van der Waals surface area contributed by atoms with E-state index in [2.05, 4.69) is 42.7 Å². The maximum Gasteiger partial charge on any atom is 0.421 e. The molecule has 0 unspecified atom stereocenters. The van der Waals surface area contributed by atoms with Gasteiger partial charge in [-0.1, -0.05) is 0 Å². The van der Waals surface area contributed by atoms with Crippen LogP contribution in [0.3, 0.4) is 0 Å². The molecule has 2 fully saturated rings. The minimum absolute atomic E-state index is 0.00787. The van der Waals surface area contributed by atoms with E-state index in [0.29, 0.717) is 31.0 Å². The van der Waals surface area contributed by atoms with Crippen molar-refractivity contribution in [1.29, 1.82) is 0 Å². The van der Waals surface area contributed by atoms with Crippen LogP contribution in [0.1, 0.15) is 50.4 Å². The zero-order valence-electron chi connectivity index (χ0n) is 20.5. The molecule has 2 aromatic heterocycles. The van der Waals surface area contributed by atoms with Crippen molar-refractivity contribution in [2.24, 2.45) is 0 Å². The molecule has 0 amide bonds. The first-order valence-corrected chi connectivity index (χ1v) is 11.8. The van der Waals surface area contributed by atoms with Gasteiger partial charge < -0.3 is 15.5 Å². The lowest BCUT2D eigenvalue weighted by Gasteiger charge is -2.46. The molecular weight excluding hydrogens is 463 g/mol. The molecule has 4 rings (SSSR count). The Morgan fingerprint density at radius 3 is 2.51 bits per heavy atom. The maximum atomic E-state index is 13.5. The molecule has 0 atom stereocenters. The van der Waals surface area contributed by atoms with Gasteiger partial charge in [0.05, 0.1) is 18.1 Å². The second-order valence-electron chi connectivity index (χ2n) is 9.75. The van der Waals surface area contributed by atoms with E-state index >= 15 is 0 Å². The fourth-order valence-electron chi connectivity index (χ4n) is 4.28. The largest absolute Gasteiger partial charge is 0.421 e. The Labute approximate surface area is 202 Å². The summed E-state index contributed by atoms with van der Waals surface area (Å²) >= 11 is 0. The number of hydrogen-bond donors (Lipinski definition) is 2. The van der Waals surface area contributed by atoms with Gasteiger partial charge >= 0.3 is 6.18 Å². The topological polar surface area (TPSA) is 104 Å². The number of Topliss-reactive ketones (excluding diaryl/α,β-unsaturated/α-hetero) is 1. The van der Waals surface area contributed by atoms with Crippen LogP contribution < -0.4 is 10.6 Å². The molecule has 2 aromatic rings. The number of likely N-dealkylation sites (tertiary alicyclic amines) is 2. The summed E-state index contributed by atoms with van der Waals surface area (Å²) < 4.78 is 40.6. The van der Waals surface area contributed by atoms with Gasteiger partial charge in [0, 0.05) is 19.3 Å². The molecule has 192 valence electrons. The van der Waals surface area contributed by atoms with Crippen molar-refractivity contribution >= 4 is 23.4 Å². The molecule has 0 radical (unpaired) electrons. The zero-order valence-corrected chi connectivity index (χ0v) is 20.5. The van der Waals surface area contributed by atoms with Crippen molar-refractivity contribution in [2.75, 3.05) is 50.4 Å². The fourth-order valence-corrected chi connectivity index (χ4v) is 4.28. The van der Waals surface area contributed by atoms with E-state index in [1.807, 2.05) is 18.7 Å². The highest BCUT2D eigenvalue weighted by molar-refractivity contribution is 5.94. The van der Waals surface area contributed by atoms with Crippen molar-refractivity contribution in [3.05, 3.63) is 17.5 Å². The van der Waals surface area contributed by atoms with Gasteiger partial charge in [-0.2, -0.15) is 28.1 Å². The van der Waals surface area contributed by atoms with Crippen molar-refractivity contribution in [2.45, 2.75) is 57.8 Å². The summed E-state index contributed by atoms with van der Waals surface area (Å²) in [5.41, 5.74) is -0.825. The summed E-state index contributed by atoms with van der Waals surface area (Å²) in [6, 6.07) is 0.179. The van der Waals surface area contributed by atoms with Crippen LogP contribution in [0.25, 0.3) is 0 Å². The van der Waals surface area contributed by atoms with E-state index in [1.165, 1.54) is 0 Å². The molecule has 10 nitrogen and oxygen atoms in total. The molecule has 35 heavy (non-hydrogen) atoms. The van der Waals surface area contributed by atoms with Crippen LogP contribution in [0.2, 0.25) is 0 Å². The number of piperidine rings is 1. The quantitative estimate of drug-likeness (QED) is 0.535. The molecule has 2 aliphatic rings. The lowest BCUT2D eigenvalue weighted by molar-refractivity contribution is -0.144. The van der Waals surface area contributed by atoms with Gasteiger partial charge in [-0.15, -0.1) is 5.10 Å². The fraction of sp³-hybridized carbons (Fsp3) is 0.682. The zero-order chi connectivity index (χ0) is 25.4. The van der Waals surface area contributed by atoms with E-state index in [4.69, 9.17) is 0 Å². The number of nitrogens with zero attached hydrogens (tertiary/aromatic N) is 7. The van der Waals surface area contributed by atoms with Crippen LogP contribution in [0.4, 0.5) is 30.8 Å². The third-order valence-corrected chi connectivity index (χ3v) is 6.84. The van der Waals surface area contributed by atoms with E-state index in [0.717, 1.165) is 32.1 Å². The van der Waals surface area contributed by atoms with Crippen LogP contribution in [0, 0.1) is 6.92 Å². The third-order valence-electron chi connectivity index (χ3n) is 6.84. The van der Waals surface area contributed by atoms with Crippen LogP contribution >= 0.6 is 0 Å². The Hall–Kier alpha value is -2.80. The Balaban J connectivity index is 1.42. The number of aryl methyl sites for hydroxylation is 1. The van der Waals surface area contributed by atoms with E-state index in [-0.39, 0.29) is 30.1 Å². The van der Waals surface area contributed by atoms with Gasteiger partial charge in [0.1, 0.15) is 17.1 Å². The molecule has 0 saturated carbocycles. The average molecular weight is 496 g/mol. The smallest absolute Gasteiger partial charge is 0.369 e. The summed E-state index contributed by atoms with van der Waals surface area (Å²) in [4.78, 5) is 25.6. The number of hydrogen-bond acceptors (Lipinski definition) is 9. The first-order valence-electron chi connectivity index (χ1n) is 11.8. The molecule has 2 aliphatic heterocycles. The first kappa shape index (κ1) is 25.3. The van der Waals surface area contributed by atoms with Crippen LogP contribution in [-0.2, 0) is 11.0 Å². The molecule has 2 saturated heterocycles. The number of carbonyl (C=O) groups is 1. The predicted octanol–water partition coefficient (Wildman–Crippen LogP) is 2.87. The highest BCUT2D eigenvalue weighted by Gasteiger charge is 2.44. The normalized spacial score (nSPS) is 19.6. The van der Waals surface area contributed by atoms with E-state index in [1.54, 1.807) is 11.7 Å². The summed E-state index contributed by atoms with van der Waals surface area (Å²) in [5, 5.41) is 14.7. The lowest BCUT2D eigenvalue weighted by atomic mass is 9.87. The molecular formula is C22H32F3N9O. The number of carbonyl (C=O) groups excluding carboxylic acids is 1. The SMILES string of the molecule is Cc1nn(C2CCN(C)CC2)nc1Nc1ncc(C(F)(F)F)c(NCCCN2CC(=O)C2(C)C)n1. The molecule has 4 heterocycles. The minimum atomic E-state index is -4.60. The van der Waals surface area contributed by atoms with Crippen molar-refractivity contribution < 1.29 is 18.0 Å². The number of rotatable bonds is 8. The second kappa shape index (κ2) is 9.69. The van der Waals surface area contributed by atoms with Gasteiger partial charge in [0.15, 0.2) is 11.6 Å². The van der Waals surface area contributed by atoms with Gasteiger partial charge in [-0.3, -0.25) is 9.69 Å². The number of alkyl halides is 3. The molecule has 0 bridgehead atoms. The lowest BCUT2D eigenvalue weighted by Crippen LogP contribution is -2.64. The summed E-state index contributed by atoms with van der Waals surface area (Å²) in [6.45, 7) is 8.63. The van der Waals surface area contributed by atoms with Crippen molar-refractivity contribution in [1.82, 2.24) is 34.8 Å². The van der Waals surface area contributed by atoms with Gasteiger partial charge in [0.25, 0.3) is 0 Å². The van der Waals surface area contributed by atoms with Gasteiger partial charge in [0.2, 0.25) is 5.95 Å². The Bertz CT molecular complexity index is 1060. The van der Waals surface area contributed by atoms with Crippen LogP contribution in [0.15, 0.2) is 6.20 Å². The summed E-state index contributed by atoms with van der Waals surface area (Å²) in [7, 11) is 2.07. The number of aromatic nitrogens is 5. The number of anilines is 3. The van der Waals surface area contributed by atoms with Crippen molar-refractivity contribution in [3.63, 3.8) is 0 Å². The van der Waals surface area contributed by atoms with E-state index < -0.39 is 17.3 Å². The number of ketones is 1. The second-order valence-corrected chi connectivity index (χ2v) is 9.75. The highest BCUT2D eigenvalue weighted by Crippen LogP contribution is 2.34. The van der Waals surface area contributed by atoms with Crippen LogP contribution in [0.5, 0.6) is 0 Å².